The van der Waals surface area contributed by atoms with Gasteiger partial charge in [0, 0.05) is 0 Å². The Labute approximate surface area is 113 Å². The highest BCUT2D eigenvalue weighted by atomic mass is 16.6. The van der Waals surface area contributed by atoms with Gasteiger partial charge in [-0.3, -0.25) is 0 Å². The molecule has 1 aliphatic heterocycles. The second kappa shape index (κ2) is 10.4. The third-order valence-electron chi connectivity index (χ3n) is 3.49. The Morgan fingerprint density at radius 1 is 0.833 bits per heavy atom. The van der Waals surface area contributed by atoms with Crippen LogP contribution in [-0.2, 0) is 4.74 Å². The van der Waals surface area contributed by atoms with E-state index in [1.807, 2.05) is 0 Å². The van der Waals surface area contributed by atoms with E-state index in [1.54, 1.807) is 0 Å². The summed E-state index contributed by atoms with van der Waals surface area (Å²) in [5, 5.41) is 0. The van der Waals surface area contributed by atoms with Crippen LogP contribution in [0.25, 0.3) is 0 Å². The predicted molar refractivity (Wildman–Crippen MR) is 79.8 cm³/mol. The van der Waals surface area contributed by atoms with Gasteiger partial charge in [0.15, 0.2) is 0 Å². The molecule has 0 aliphatic carbocycles. The minimum Gasteiger partial charge on any atom is -0.369 e. The lowest BCUT2D eigenvalue weighted by Crippen LogP contribution is -1.92. The van der Waals surface area contributed by atoms with Crippen LogP contribution in [0.1, 0.15) is 71.6 Å². The third kappa shape index (κ3) is 7.71. The molecule has 1 rings (SSSR count). The van der Waals surface area contributed by atoms with Gasteiger partial charge in [0.1, 0.15) is 0 Å². The van der Waals surface area contributed by atoms with E-state index in [0.29, 0.717) is 12.2 Å². The highest BCUT2D eigenvalue weighted by Gasteiger charge is 2.36. The van der Waals surface area contributed by atoms with Crippen LogP contribution in [0.5, 0.6) is 0 Å². The second-order valence-electron chi connectivity index (χ2n) is 5.24. The summed E-state index contributed by atoms with van der Waals surface area (Å²) in [6.45, 7) is 4.44. The van der Waals surface area contributed by atoms with Gasteiger partial charge in [-0.25, -0.2) is 0 Å². The van der Waals surface area contributed by atoms with E-state index in [-0.39, 0.29) is 0 Å². The highest BCUT2D eigenvalue weighted by molar-refractivity contribution is 4.97. The number of unbranched alkanes of at least 4 members (excludes halogenated alkanes) is 4. The SMILES string of the molecule is CC/C=C\C/C=C\C[C@H]1O[C@H]1CCCCCCC. The van der Waals surface area contributed by atoms with Crippen molar-refractivity contribution in [2.24, 2.45) is 0 Å². The number of epoxide rings is 1. The normalized spacial score (nSPS) is 23.2. The predicted octanol–water partition coefficient (Wildman–Crippen LogP) is 5.42. The molecule has 0 N–H and O–H groups in total. The molecule has 0 bridgehead atoms. The zero-order valence-electron chi connectivity index (χ0n) is 12.2. The molecular weight excluding hydrogens is 220 g/mol. The lowest BCUT2D eigenvalue weighted by molar-refractivity contribution is 0.358. The van der Waals surface area contributed by atoms with Crippen LogP contribution in [0.4, 0.5) is 0 Å². The maximum Gasteiger partial charge on any atom is 0.0876 e. The largest absolute Gasteiger partial charge is 0.369 e. The van der Waals surface area contributed by atoms with E-state index in [2.05, 4.69) is 38.2 Å². The number of ether oxygens (including phenoxy) is 1. The summed E-state index contributed by atoms with van der Waals surface area (Å²) < 4.78 is 5.68. The van der Waals surface area contributed by atoms with Crippen molar-refractivity contribution in [2.45, 2.75) is 83.8 Å². The molecule has 0 aromatic carbocycles. The van der Waals surface area contributed by atoms with Crippen molar-refractivity contribution in [1.29, 1.82) is 0 Å². The summed E-state index contributed by atoms with van der Waals surface area (Å²) >= 11 is 0. The van der Waals surface area contributed by atoms with Crippen molar-refractivity contribution in [1.82, 2.24) is 0 Å². The maximum absolute atomic E-state index is 5.68. The maximum atomic E-state index is 5.68. The molecule has 0 aromatic rings. The first-order valence-corrected chi connectivity index (χ1v) is 7.84. The van der Waals surface area contributed by atoms with E-state index >= 15 is 0 Å². The number of allylic oxidation sites excluding steroid dienone is 3. The van der Waals surface area contributed by atoms with Gasteiger partial charge >= 0.3 is 0 Å². The van der Waals surface area contributed by atoms with Crippen LogP contribution in [-0.4, -0.2) is 12.2 Å². The minimum atomic E-state index is 0.530. The number of rotatable bonds is 11. The van der Waals surface area contributed by atoms with Crippen LogP contribution >= 0.6 is 0 Å². The smallest absolute Gasteiger partial charge is 0.0876 e. The Morgan fingerprint density at radius 2 is 1.61 bits per heavy atom. The van der Waals surface area contributed by atoms with Crippen molar-refractivity contribution in [3.63, 3.8) is 0 Å². The third-order valence-corrected chi connectivity index (χ3v) is 3.49. The van der Waals surface area contributed by atoms with Gasteiger partial charge < -0.3 is 4.74 Å². The molecule has 0 aromatic heterocycles. The summed E-state index contributed by atoms with van der Waals surface area (Å²) in [7, 11) is 0. The molecule has 0 amide bonds. The monoisotopic (exact) mass is 250 g/mol. The van der Waals surface area contributed by atoms with Gasteiger partial charge in [-0.1, -0.05) is 70.3 Å². The number of hydrogen-bond acceptors (Lipinski definition) is 1. The fourth-order valence-electron chi connectivity index (χ4n) is 2.26. The van der Waals surface area contributed by atoms with Gasteiger partial charge in [0.05, 0.1) is 12.2 Å². The molecule has 1 aliphatic rings. The lowest BCUT2D eigenvalue weighted by atomic mass is 10.1. The molecule has 1 heterocycles. The summed E-state index contributed by atoms with van der Waals surface area (Å²) in [5.41, 5.74) is 0. The minimum absolute atomic E-state index is 0.530. The van der Waals surface area contributed by atoms with Crippen LogP contribution in [0.2, 0.25) is 0 Å². The zero-order valence-corrected chi connectivity index (χ0v) is 12.2. The first-order valence-electron chi connectivity index (χ1n) is 7.84. The van der Waals surface area contributed by atoms with Crippen molar-refractivity contribution < 1.29 is 4.74 Å². The van der Waals surface area contributed by atoms with E-state index in [9.17, 15) is 0 Å². The summed E-state index contributed by atoms with van der Waals surface area (Å²) in [4.78, 5) is 0. The Bertz CT molecular complexity index is 242. The van der Waals surface area contributed by atoms with Gasteiger partial charge in [-0.05, 0) is 25.7 Å². The standard InChI is InChI=1S/C17H30O/c1-3-5-7-9-11-13-15-17-16(18-17)14-12-10-8-6-4-2/h5,7,11,13,16-17H,3-4,6,8-10,12,14-15H2,1-2H3/b7-5-,13-11-/t16-,17+/m0/s1. The molecule has 0 spiro atoms. The van der Waals surface area contributed by atoms with Crippen molar-refractivity contribution in [3.8, 4) is 0 Å². The Morgan fingerprint density at radius 3 is 2.39 bits per heavy atom. The lowest BCUT2D eigenvalue weighted by Gasteiger charge is -1.97. The molecule has 1 nitrogen and oxygen atoms in total. The Kier molecular flexibility index (Phi) is 8.93. The fraction of sp³-hybridized carbons (Fsp3) is 0.765. The molecular formula is C17H30O. The van der Waals surface area contributed by atoms with Crippen molar-refractivity contribution >= 4 is 0 Å². The van der Waals surface area contributed by atoms with Gasteiger partial charge in [-0.2, -0.15) is 0 Å². The van der Waals surface area contributed by atoms with Gasteiger partial charge in [0.25, 0.3) is 0 Å². The van der Waals surface area contributed by atoms with Crippen molar-refractivity contribution in [2.75, 3.05) is 0 Å². The molecule has 0 saturated carbocycles. The first-order chi connectivity index (χ1) is 8.88. The molecule has 0 unspecified atom stereocenters. The Hall–Kier alpha value is -0.560. The van der Waals surface area contributed by atoms with Crippen LogP contribution in [0.3, 0.4) is 0 Å². The second-order valence-corrected chi connectivity index (χ2v) is 5.24. The van der Waals surface area contributed by atoms with E-state index in [1.165, 1.54) is 38.5 Å². The topological polar surface area (TPSA) is 12.5 Å². The van der Waals surface area contributed by atoms with E-state index < -0.39 is 0 Å². The van der Waals surface area contributed by atoms with E-state index in [0.717, 1.165) is 19.3 Å². The molecule has 104 valence electrons. The van der Waals surface area contributed by atoms with Crippen LogP contribution < -0.4 is 0 Å². The summed E-state index contributed by atoms with van der Waals surface area (Å²) in [5.74, 6) is 0. The summed E-state index contributed by atoms with van der Waals surface area (Å²) in [6, 6.07) is 0. The van der Waals surface area contributed by atoms with Gasteiger partial charge in [0.2, 0.25) is 0 Å². The average Bonchev–Trinajstić information content (AvgIpc) is 3.12. The molecule has 0 radical (unpaired) electrons. The van der Waals surface area contributed by atoms with E-state index in [4.69, 9.17) is 4.74 Å². The zero-order chi connectivity index (χ0) is 13.1. The average molecular weight is 250 g/mol. The number of hydrogen-bond donors (Lipinski definition) is 0. The molecule has 1 fully saturated rings. The first kappa shape index (κ1) is 15.5. The quantitative estimate of drug-likeness (QED) is 0.271. The van der Waals surface area contributed by atoms with Crippen molar-refractivity contribution in [3.05, 3.63) is 24.3 Å². The van der Waals surface area contributed by atoms with Crippen LogP contribution in [0, 0.1) is 0 Å². The molecule has 1 saturated heterocycles. The molecule has 18 heavy (non-hydrogen) atoms. The Balaban J connectivity index is 1.89. The van der Waals surface area contributed by atoms with Gasteiger partial charge in [-0.15, -0.1) is 0 Å². The fourth-order valence-corrected chi connectivity index (χ4v) is 2.26. The molecule has 2 atom stereocenters. The highest BCUT2D eigenvalue weighted by Crippen LogP contribution is 2.30. The molecule has 1 heteroatoms. The summed E-state index contributed by atoms with van der Waals surface area (Å²) in [6.07, 6.45) is 21.5. The van der Waals surface area contributed by atoms with Crippen LogP contribution in [0.15, 0.2) is 24.3 Å².